The third-order valence-corrected chi connectivity index (χ3v) is 5.89. The lowest BCUT2D eigenvalue weighted by Crippen LogP contribution is -2.32. The second-order valence-corrected chi connectivity index (χ2v) is 10.0. The number of hydrogen-bond donors (Lipinski definition) is 1. The molecule has 0 atom stereocenters. The molecule has 2 aromatic heterocycles. The van der Waals surface area contributed by atoms with Gasteiger partial charge in [-0.15, -0.1) is 0 Å². The number of amides is 1. The Balaban J connectivity index is 0.00000324. The largest absolute Gasteiger partial charge is 0.493 e. The van der Waals surface area contributed by atoms with Gasteiger partial charge in [0.05, 0.1) is 17.9 Å². The van der Waals surface area contributed by atoms with Crippen molar-refractivity contribution in [3.05, 3.63) is 65.6 Å². The molecule has 0 aliphatic heterocycles. The third-order valence-electron chi connectivity index (χ3n) is 4.66. The van der Waals surface area contributed by atoms with Crippen LogP contribution in [0.25, 0.3) is 11.3 Å². The molecule has 1 N–H and O–H groups in total. The van der Waals surface area contributed by atoms with Crippen molar-refractivity contribution in [2.45, 2.75) is 25.8 Å². The van der Waals surface area contributed by atoms with E-state index < -0.39 is 21.7 Å². The zero-order chi connectivity index (χ0) is 25.0. The van der Waals surface area contributed by atoms with Crippen molar-refractivity contribution >= 4 is 21.7 Å². The summed E-state index contributed by atoms with van der Waals surface area (Å²) < 4.78 is 47.2. The molecule has 0 aliphatic rings. The highest BCUT2D eigenvalue weighted by atomic mass is 32.2. The SMILES string of the molecule is Cc1cccc(S(=O)(=O)NC(=O)c2ccc(-c3cc(F)cc(OCC(C)C)c3)nc2N(C)C)n1.[HH].[HH]. The van der Waals surface area contributed by atoms with E-state index in [1.54, 1.807) is 44.1 Å². The molecule has 2 heterocycles. The fourth-order valence-corrected chi connectivity index (χ4v) is 4.06. The van der Waals surface area contributed by atoms with Crippen molar-refractivity contribution in [2.75, 3.05) is 25.6 Å². The highest BCUT2D eigenvalue weighted by molar-refractivity contribution is 7.90. The van der Waals surface area contributed by atoms with Crippen LogP contribution >= 0.6 is 0 Å². The van der Waals surface area contributed by atoms with E-state index in [1.807, 2.05) is 18.6 Å². The average molecular weight is 491 g/mol. The summed E-state index contributed by atoms with van der Waals surface area (Å²) in [6.07, 6.45) is 0. The summed E-state index contributed by atoms with van der Waals surface area (Å²) in [4.78, 5) is 22.9. The molecule has 0 aliphatic carbocycles. The van der Waals surface area contributed by atoms with Gasteiger partial charge in [0, 0.05) is 34.3 Å². The number of sulfonamides is 1. The van der Waals surface area contributed by atoms with E-state index in [9.17, 15) is 17.6 Å². The summed E-state index contributed by atoms with van der Waals surface area (Å²) in [5, 5.41) is -0.259. The van der Waals surface area contributed by atoms with Gasteiger partial charge in [-0.2, -0.15) is 8.42 Å². The lowest BCUT2D eigenvalue weighted by atomic mass is 10.1. The molecule has 0 unspecified atom stereocenters. The molecule has 0 radical (unpaired) electrons. The molecule has 1 aromatic carbocycles. The number of benzene rings is 1. The highest BCUT2D eigenvalue weighted by Gasteiger charge is 2.24. The van der Waals surface area contributed by atoms with Gasteiger partial charge in [0.1, 0.15) is 17.4 Å². The normalized spacial score (nSPS) is 11.4. The number of pyridine rings is 2. The molecule has 3 rings (SSSR count). The van der Waals surface area contributed by atoms with E-state index in [1.165, 1.54) is 30.3 Å². The lowest BCUT2D eigenvalue weighted by molar-refractivity contribution is 0.0981. The average Bonchev–Trinajstić information content (AvgIpc) is 2.76. The van der Waals surface area contributed by atoms with Crippen LogP contribution in [0.15, 0.2) is 53.6 Å². The number of halogens is 1. The number of carbonyl (C=O) groups is 1. The van der Waals surface area contributed by atoms with Crippen LogP contribution in [0.2, 0.25) is 0 Å². The first kappa shape index (κ1) is 25.1. The second kappa shape index (κ2) is 10.2. The van der Waals surface area contributed by atoms with Crippen LogP contribution in [0.5, 0.6) is 5.75 Å². The summed E-state index contributed by atoms with van der Waals surface area (Å²) in [6.45, 7) is 6.07. The molecule has 10 heteroatoms. The zero-order valence-electron chi connectivity index (χ0n) is 19.7. The van der Waals surface area contributed by atoms with Gasteiger partial charge in [-0.3, -0.25) is 4.79 Å². The summed E-state index contributed by atoms with van der Waals surface area (Å²) in [5.41, 5.74) is 1.41. The maximum atomic E-state index is 14.2. The number of anilines is 1. The van der Waals surface area contributed by atoms with Crippen molar-refractivity contribution in [1.82, 2.24) is 14.7 Å². The number of nitrogens with one attached hydrogen (secondary N) is 1. The standard InChI is InChI=1S/C24H27FN4O4S.2H2/c1-15(2)14-33-19-12-17(11-18(25)13-19)21-10-9-20(23(27-21)29(4)5)24(30)28-34(31,32)22-8-6-7-16(3)26-22;;/h6-13,15H,14H2,1-5H3,(H,28,30);2*1H. The molecule has 0 saturated heterocycles. The van der Waals surface area contributed by atoms with Gasteiger partial charge in [0.25, 0.3) is 15.9 Å². The summed E-state index contributed by atoms with van der Waals surface area (Å²) in [6, 6.07) is 11.8. The zero-order valence-corrected chi connectivity index (χ0v) is 20.5. The number of nitrogens with zero attached hydrogens (tertiary/aromatic N) is 3. The summed E-state index contributed by atoms with van der Waals surface area (Å²) in [7, 11) is -0.845. The molecule has 0 fully saturated rings. The van der Waals surface area contributed by atoms with Gasteiger partial charge >= 0.3 is 0 Å². The Labute approximate surface area is 201 Å². The van der Waals surface area contributed by atoms with Crippen LogP contribution in [0, 0.1) is 18.7 Å². The van der Waals surface area contributed by atoms with Gasteiger partial charge < -0.3 is 9.64 Å². The number of aromatic nitrogens is 2. The Kier molecular flexibility index (Phi) is 7.51. The molecule has 3 aromatic rings. The minimum Gasteiger partial charge on any atom is -0.493 e. The van der Waals surface area contributed by atoms with Crippen molar-refractivity contribution in [3.8, 4) is 17.0 Å². The minimum atomic E-state index is -4.18. The Bertz CT molecular complexity index is 1320. The monoisotopic (exact) mass is 490 g/mol. The van der Waals surface area contributed by atoms with Crippen LogP contribution in [0.4, 0.5) is 10.2 Å². The predicted octanol–water partition coefficient (Wildman–Crippen LogP) is 4.30. The molecule has 0 saturated carbocycles. The summed E-state index contributed by atoms with van der Waals surface area (Å²) >= 11 is 0. The van der Waals surface area contributed by atoms with Crippen molar-refractivity contribution in [1.29, 1.82) is 0 Å². The molecular formula is C24H31FN4O4S. The molecular weight excluding hydrogens is 459 g/mol. The van der Waals surface area contributed by atoms with Gasteiger partial charge in [-0.25, -0.2) is 19.1 Å². The Morgan fingerprint density at radius 2 is 1.88 bits per heavy atom. The Hall–Kier alpha value is -3.53. The van der Waals surface area contributed by atoms with Gasteiger partial charge in [-0.1, -0.05) is 19.9 Å². The first-order valence-electron chi connectivity index (χ1n) is 10.6. The number of rotatable bonds is 8. The molecule has 34 heavy (non-hydrogen) atoms. The lowest BCUT2D eigenvalue weighted by Gasteiger charge is -2.18. The van der Waals surface area contributed by atoms with Crippen LogP contribution in [0.1, 0.15) is 32.8 Å². The minimum absolute atomic E-state index is 0. The first-order chi connectivity index (χ1) is 16.0. The molecule has 0 spiro atoms. The third kappa shape index (κ3) is 6.07. The van der Waals surface area contributed by atoms with Gasteiger partial charge in [0.2, 0.25) is 0 Å². The fourth-order valence-electron chi connectivity index (χ4n) is 3.08. The van der Waals surface area contributed by atoms with Crippen LogP contribution in [0.3, 0.4) is 0 Å². The van der Waals surface area contributed by atoms with Crippen molar-refractivity contribution in [2.24, 2.45) is 5.92 Å². The maximum Gasteiger partial charge on any atom is 0.281 e. The first-order valence-corrected chi connectivity index (χ1v) is 12.1. The Morgan fingerprint density at radius 1 is 1.15 bits per heavy atom. The molecule has 1 amide bonds. The predicted molar refractivity (Wildman–Crippen MR) is 132 cm³/mol. The highest BCUT2D eigenvalue weighted by Crippen LogP contribution is 2.28. The van der Waals surface area contributed by atoms with Crippen LogP contribution in [-0.4, -0.2) is 45.0 Å². The molecule has 184 valence electrons. The van der Waals surface area contributed by atoms with Crippen molar-refractivity contribution < 1.29 is 25.2 Å². The number of aryl methyl sites for hydroxylation is 1. The number of carbonyl (C=O) groups excluding carboxylic acids is 1. The molecule has 8 nitrogen and oxygen atoms in total. The maximum absolute atomic E-state index is 14.2. The van der Waals surface area contributed by atoms with E-state index in [0.717, 1.165) is 0 Å². The van der Waals surface area contributed by atoms with E-state index in [2.05, 4.69) is 9.97 Å². The second-order valence-electron chi connectivity index (χ2n) is 8.39. The number of ether oxygens (including phenoxy) is 1. The fraction of sp³-hybridized carbons (Fsp3) is 0.292. The van der Waals surface area contributed by atoms with E-state index >= 15 is 0 Å². The smallest absolute Gasteiger partial charge is 0.281 e. The number of hydrogen-bond acceptors (Lipinski definition) is 7. The topological polar surface area (TPSA) is 101 Å². The summed E-state index contributed by atoms with van der Waals surface area (Å²) in [5.74, 6) is -0.477. The van der Waals surface area contributed by atoms with Crippen LogP contribution in [-0.2, 0) is 10.0 Å². The van der Waals surface area contributed by atoms with E-state index in [0.29, 0.717) is 29.3 Å². The van der Waals surface area contributed by atoms with E-state index in [-0.39, 0.29) is 25.2 Å². The molecule has 0 bridgehead atoms. The van der Waals surface area contributed by atoms with Crippen molar-refractivity contribution in [3.63, 3.8) is 0 Å². The van der Waals surface area contributed by atoms with Gasteiger partial charge in [-0.05, 0) is 49.2 Å². The quantitative estimate of drug-likeness (QED) is 0.502. The van der Waals surface area contributed by atoms with Gasteiger partial charge in [0.15, 0.2) is 5.03 Å². The van der Waals surface area contributed by atoms with Crippen LogP contribution < -0.4 is 14.4 Å². The van der Waals surface area contributed by atoms with E-state index in [4.69, 9.17) is 4.74 Å². The Morgan fingerprint density at radius 3 is 2.53 bits per heavy atom.